The fourth-order valence-electron chi connectivity index (χ4n) is 2.30. The van der Waals surface area contributed by atoms with E-state index in [1.807, 2.05) is 18.2 Å². The topological polar surface area (TPSA) is 76.7 Å². The van der Waals surface area contributed by atoms with E-state index in [9.17, 15) is 0 Å². The molecule has 1 atom stereocenters. The summed E-state index contributed by atoms with van der Waals surface area (Å²) in [6.07, 6.45) is 4.23. The van der Waals surface area contributed by atoms with Crippen molar-refractivity contribution in [3.05, 3.63) is 36.5 Å². The molecule has 6 heteroatoms. The van der Waals surface area contributed by atoms with E-state index in [0.717, 1.165) is 29.6 Å². The maximum Gasteiger partial charge on any atom is 0.250 e. The average molecular weight is 283 g/mol. The minimum Gasteiger partial charge on any atom is -0.419 e. The first-order valence-electron chi connectivity index (χ1n) is 7.10. The third-order valence-electron chi connectivity index (χ3n) is 3.33. The van der Waals surface area contributed by atoms with Gasteiger partial charge in [-0.2, -0.15) is 0 Å². The van der Waals surface area contributed by atoms with E-state index in [4.69, 9.17) is 4.42 Å². The monoisotopic (exact) mass is 283 g/mol. The van der Waals surface area contributed by atoms with Gasteiger partial charge in [-0.15, -0.1) is 10.2 Å². The number of nitrogens with one attached hydrogen (secondary N) is 1. The van der Waals surface area contributed by atoms with E-state index in [1.165, 1.54) is 0 Å². The summed E-state index contributed by atoms with van der Waals surface area (Å²) in [7, 11) is 0. The molecule has 3 aromatic rings. The molecule has 0 amide bonds. The van der Waals surface area contributed by atoms with Crippen molar-refractivity contribution in [3.63, 3.8) is 0 Å². The van der Waals surface area contributed by atoms with Crippen molar-refractivity contribution in [1.29, 1.82) is 0 Å². The summed E-state index contributed by atoms with van der Waals surface area (Å²) in [4.78, 5) is 8.65. The lowest BCUT2D eigenvalue weighted by molar-refractivity contribution is 0.402. The lowest BCUT2D eigenvalue weighted by atomic mass is 10.2. The Kier molecular flexibility index (Phi) is 3.87. The van der Waals surface area contributed by atoms with Gasteiger partial charge in [0.2, 0.25) is 11.8 Å². The van der Waals surface area contributed by atoms with Gasteiger partial charge < -0.3 is 9.73 Å². The Morgan fingerprint density at radius 3 is 2.81 bits per heavy atom. The number of hydrogen-bond acceptors (Lipinski definition) is 6. The molecule has 0 radical (unpaired) electrons. The highest BCUT2D eigenvalue weighted by molar-refractivity contribution is 5.88. The van der Waals surface area contributed by atoms with Crippen molar-refractivity contribution in [3.8, 4) is 11.5 Å². The van der Waals surface area contributed by atoms with Crippen LogP contribution in [-0.2, 0) is 0 Å². The molecule has 0 fully saturated rings. The van der Waals surface area contributed by atoms with Crippen LogP contribution >= 0.6 is 0 Å². The highest BCUT2D eigenvalue weighted by Crippen LogP contribution is 2.26. The number of fused-ring (bicyclic) bond motifs is 1. The fourth-order valence-corrected chi connectivity index (χ4v) is 2.30. The summed E-state index contributed by atoms with van der Waals surface area (Å²) in [5, 5.41) is 11.7. The quantitative estimate of drug-likeness (QED) is 0.776. The van der Waals surface area contributed by atoms with Crippen LogP contribution in [0.15, 0.2) is 35.0 Å². The van der Waals surface area contributed by atoms with Gasteiger partial charge in [-0.25, -0.2) is 0 Å². The Balaban J connectivity index is 2.02. The van der Waals surface area contributed by atoms with Crippen molar-refractivity contribution in [2.45, 2.75) is 26.3 Å². The van der Waals surface area contributed by atoms with Crippen LogP contribution < -0.4 is 5.32 Å². The molecule has 0 aliphatic heterocycles. The summed E-state index contributed by atoms with van der Waals surface area (Å²) in [5.74, 6) is 1.09. The third kappa shape index (κ3) is 2.62. The summed E-state index contributed by atoms with van der Waals surface area (Å²) < 4.78 is 5.83. The predicted molar refractivity (Wildman–Crippen MR) is 79.5 cm³/mol. The van der Waals surface area contributed by atoms with Gasteiger partial charge >= 0.3 is 0 Å². The molecular formula is C15H17N5O. The van der Waals surface area contributed by atoms with E-state index < -0.39 is 0 Å². The second kappa shape index (κ2) is 5.97. The molecule has 2 heterocycles. The molecule has 6 nitrogen and oxygen atoms in total. The third-order valence-corrected chi connectivity index (χ3v) is 3.33. The lowest BCUT2D eigenvalue weighted by Crippen LogP contribution is -2.20. The number of rotatable bonds is 5. The van der Waals surface area contributed by atoms with E-state index in [-0.39, 0.29) is 6.04 Å². The zero-order valence-corrected chi connectivity index (χ0v) is 12.1. The minimum absolute atomic E-state index is 0.0808. The van der Waals surface area contributed by atoms with Crippen LogP contribution in [0.5, 0.6) is 0 Å². The number of aromatic nitrogens is 4. The second-order valence-electron chi connectivity index (χ2n) is 4.69. The maximum atomic E-state index is 5.83. The van der Waals surface area contributed by atoms with Gasteiger partial charge in [0.25, 0.3) is 0 Å². The standard InChI is InChI=1S/C15H17N5O/c1-3-11(16-4-2)15-20-19-14(21-15)10-6-5-7-12-13(10)18-9-8-17-12/h5-9,11,16H,3-4H2,1-2H3. The van der Waals surface area contributed by atoms with Crippen molar-refractivity contribution in [2.24, 2.45) is 0 Å². The Bertz CT molecular complexity index is 734. The van der Waals surface area contributed by atoms with Crippen LogP contribution in [0.4, 0.5) is 0 Å². The molecule has 0 aliphatic carbocycles. The number of para-hydroxylation sites is 1. The van der Waals surface area contributed by atoms with Crippen LogP contribution in [0.25, 0.3) is 22.5 Å². The Hall–Kier alpha value is -2.34. The second-order valence-corrected chi connectivity index (χ2v) is 4.69. The zero-order chi connectivity index (χ0) is 14.7. The van der Waals surface area contributed by atoms with Gasteiger partial charge in [-0.05, 0) is 25.1 Å². The molecule has 1 aromatic carbocycles. The molecule has 0 aliphatic rings. The number of hydrogen-bond donors (Lipinski definition) is 1. The van der Waals surface area contributed by atoms with Crippen molar-refractivity contribution in [2.75, 3.05) is 6.54 Å². The van der Waals surface area contributed by atoms with Gasteiger partial charge in [0, 0.05) is 12.4 Å². The highest BCUT2D eigenvalue weighted by atomic mass is 16.4. The summed E-state index contributed by atoms with van der Waals surface area (Å²) in [5.41, 5.74) is 2.39. The molecular weight excluding hydrogens is 266 g/mol. The first kappa shape index (κ1) is 13.6. The van der Waals surface area contributed by atoms with Crippen LogP contribution in [-0.4, -0.2) is 26.7 Å². The van der Waals surface area contributed by atoms with Gasteiger partial charge in [-0.1, -0.05) is 19.9 Å². The molecule has 0 bridgehead atoms. The molecule has 1 N–H and O–H groups in total. The number of benzene rings is 1. The van der Waals surface area contributed by atoms with Gasteiger partial charge in [0.1, 0.15) is 5.52 Å². The molecule has 0 saturated heterocycles. The van der Waals surface area contributed by atoms with Crippen LogP contribution in [0.3, 0.4) is 0 Å². The first-order chi connectivity index (χ1) is 10.3. The Morgan fingerprint density at radius 2 is 2.00 bits per heavy atom. The minimum atomic E-state index is 0.0808. The van der Waals surface area contributed by atoms with E-state index in [1.54, 1.807) is 12.4 Å². The number of nitrogens with zero attached hydrogens (tertiary/aromatic N) is 4. The molecule has 3 rings (SSSR count). The molecule has 21 heavy (non-hydrogen) atoms. The van der Waals surface area contributed by atoms with Crippen LogP contribution in [0.1, 0.15) is 32.2 Å². The largest absolute Gasteiger partial charge is 0.419 e. The Labute approximate surface area is 122 Å². The normalized spacial score (nSPS) is 12.7. The zero-order valence-electron chi connectivity index (χ0n) is 12.1. The van der Waals surface area contributed by atoms with Crippen molar-refractivity contribution < 1.29 is 4.42 Å². The molecule has 2 aromatic heterocycles. The van der Waals surface area contributed by atoms with Crippen molar-refractivity contribution >= 4 is 11.0 Å². The van der Waals surface area contributed by atoms with E-state index in [2.05, 4.69) is 39.3 Å². The lowest BCUT2D eigenvalue weighted by Gasteiger charge is -2.10. The van der Waals surface area contributed by atoms with Gasteiger partial charge in [0.05, 0.1) is 17.1 Å². The molecule has 108 valence electrons. The predicted octanol–water partition coefficient (Wildman–Crippen LogP) is 2.74. The first-order valence-corrected chi connectivity index (χ1v) is 7.10. The average Bonchev–Trinajstić information content (AvgIpc) is 3.01. The smallest absolute Gasteiger partial charge is 0.250 e. The van der Waals surface area contributed by atoms with Crippen LogP contribution in [0, 0.1) is 0 Å². The summed E-state index contributed by atoms with van der Waals surface area (Å²) in [6, 6.07) is 5.83. The van der Waals surface area contributed by atoms with Gasteiger partial charge in [0.15, 0.2) is 0 Å². The highest BCUT2D eigenvalue weighted by Gasteiger charge is 2.18. The maximum absolute atomic E-state index is 5.83. The molecule has 0 saturated carbocycles. The Morgan fingerprint density at radius 1 is 1.14 bits per heavy atom. The van der Waals surface area contributed by atoms with E-state index in [0.29, 0.717) is 11.8 Å². The summed E-state index contributed by atoms with van der Waals surface area (Å²) in [6.45, 7) is 5.00. The summed E-state index contributed by atoms with van der Waals surface area (Å²) >= 11 is 0. The van der Waals surface area contributed by atoms with Gasteiger partial charge in [-0.3, -0.25) is 9.97 Å². The molecule has 0 spiro atoms. The SMILES string of the molecule is CCNC(CC)c1nnc(-c2cccc3nccnc23)o1. The fraction of sp³-hybridized carbons (Fsp3) is 0.333. The van der Waals surface area contributed by atoms with Crippen molar-refractivity contribution in [1.82, 2.24) is 25.5 Å². The van der Waals surface area contributed by atoms with Crippen LogP contribution in [0.2, 0.25) is 0 Å². The molecule has 1 unspecified atom stereocenters. The van der Waals surface area contributed by atoms with E-state index >= 15 is 0 Å².